The van der Waals surface area contributed by atoms with Gasteiger partial charge in [-0.05, 0) is 30.4 Å². The fourth-order valence-electron chi connectivity index (χ4n) is 3.12. The van der Waals surface area contributed by atoms with Crippen LogP contribution in [0.4, 0.5) is 5.69 Å². The summed E-state index contributed by atoms with van der Waals surface area (Å²) in [6.45, 7) is 3.81. The second-order valence-corrected chi connectivity index (χ2v) is 7.20. The second kappa shape index (κ2) is 7.33. The molecule has 0 aromatic heterocycles. The van der Waals surface area contributed by atoms with E-state index in [4.69, 9.17) is 4.74 Å². The molecular weight excluding hydrogens is 356 g/mol. The van der Waals surface area contributed by atoms with Crippen LogP contribution in [0.25, 0.3) is 0 Å². The van der Waals surface area contributed by atoms with E-state index in [1.807, 2.05) is 13.8 Å². The van der Waals surface area contributed by atoms with Crippen molar-refractivity contribution in [1.29, 1.82) is 0 Å². The first-order valence-electron chi connectivity index (χ1n) is 8.24. The van der Waals surface area contributed by atoms with Crippen LogP contribution in [0.5, 0.6) is 0 Å². The first kappa shape index (κ1) is 18.2. The summed E-state index contributed by atoms with van der Waals surface area (Å²) >= 11 is 1.55. The molecule has 1 saturated heterocycles. The zero-order valence-corrected chi connectivity index (χ0v) is 15.2. The van der Waals surface area contributed by atoms with Crippen LogP contribution in [-0.4, -0.2) is 33.5 Å². The quantitative estimate of drug-likeness (QED) is 0.250. The number of carbonyl (C=O) groups excluding carboxylic acids is 2. The number of nitro groups is 1. The van der Waals surface area contributed by atoms with Crippen LogP contribution in [-0.2, 0) is 20.9 Å². The number of benzene rings is 1. The van der Waals surface area contributed by atoms with E-state index >= 15 is 0 Å². The molecule has 0 bridgehead atoms. The Kier molecular flexibility index (Phi) is 5.13. The van der Waals surface area contributed by atoms with E-state index in [9.17, 15) is 19.7 Å². The molecule has 0 radical (unpaired) electrons. The molecule has 8 heteroatoms. The third kappa shape index (κ3) is 3.12. The number of nitro benzene ring substituents is 1. The molecule has 2 aliphatic rings. The van der Waals surface area contributed by atoms with Crippen LogP contribution in [0.2, 0.25) is 0 Å². The van der Waals surface area contributed by atoms with E-state index in [1.165, 1.54) is 17.0 Å². The summed E-state index contributed by atoms with van der Waals surface area (Å²) in [4.78, 5) is 37.4. The minimum atomic E-state index is -0.537. The molecule has 1 aromatic rings. The third-order valence-corrected chi connectivity index (χ3v) is 5.36. The summed E-state index contributed by atoms with van der Waals surface area (Å²) in [5.41, 5.74) is 1.69. The lowest BCUT2D eigenvalue weighted by Gasteiger charge is -2.38. The van der Waals surface area contributed by atoms with Crippen molar-refractivity contribution in [3.63, 3.8) is 0 Å². The van der Waals surface area contributed by atoms with Crippen molar-refractivity contribution in [3.05, 3.63) is 62.2 Å². The van der Waals surface area contributed by atoms with E-state index in [0.29, 0.717) is 17.7 Å². The number of esters is 1. The van der Waals surface area contributed by atoms with E-state index in [0.717, 1.165) is 16.2 Å². The van der Waals surface area contributed by atoms with Crippen molar-refractivity contribution < 1.29 is 19.2 Å². The van der Waals surface area contributed by atoms with E-state index in [-0.39, 0.29) is 24.2 Å². The number of thioether (sulfide) groups is 1. The van der Waals surface area contributed by atoms with Gasteiger partial charge >= 0.3 is 5.97 Å². The van der Waals surface area contributed by atoms with Gasteiger partial charge in [0.05, 0.1) is 11.0 Å². The molecule has 7 nitrogen and oxygen atoms in total. The van der Waals surface area contributed by atoms with Gasteiger partial charge in [-0.1, -0.05) is 13.0 Å². The fraction of sp³-hybridized carbons (Fsp3) is 0.333. The fourth-order valence-corrected chi connectivity index (χ4v) is 4.06. The lowest BCUT2D eigenvalue weighted by atomic mass is 9.94. The molecule has 1 amide bonds. The SMILES string of the molecule is CC=C1C(=O)N2C(C(=O)OCc3ccc([N+](=O)[O-])cc3)=C(SCC)C[C@H]12. The zero-order chi connectivity index (χ0) is 18.8. The summed E-state index contributed by atoms with van der Waals surface area (Å²) in [7, 11) is 0. The Morgan fingerprint density at radius 3 is 2.69 bits per heavy atom. The molecule has 26 heavy (non-hydrogen) atoms. The molecule has 0 unspecified atom stereocenters. The van der Waals surface area contributed by atoms with Gasteiger partial charge < -0.3 is 4.74 Å². The summed E-state index contributed by atoms with van der Waals surface area (Å²) in [6, 6.07) is 5.76. The maximum atomic E-state index is 12.6. The number of fused-ring (bicyclic) bond motifs is 1. The topological polar surface area (TPSA) is 89.8 Å². The van der Waals surface area contributed by atoms with Crippen LogP contribution >= 0.6 is 11.8 Å². The van der Waals surface area contributed by atoms with Crippen LogP contribution in [0, 0.1) is 10.1 Å². The smallest absolute Gasteiger partial charge is 0.356 e. The highest BCUT2D eigenvalue weighted by Gasteiger charge is 2.51. The molecular formula is C18H18N2O5S. The Bertz CT molecular complexity index is 828. The molecule has 1 fully saturated rings. The standard InChI is InChI=1S/C18H18N2O5S/c1-3-13-14-9-15(26-4-2)16(19(14)17(13)21)18(22)25-10-11-5-7-12(8-6-11)20(23)24/h3,5-8,14H,4,9-10H2,1-2H3/t14-/m1/s1. The van der Waals surface area contributed by atoms with Crippen LogP contribution < -0.4 is 0 Å². The predicted octanol–water partition coefficient (Wildman–Crippen LogP) is 3.16. The van der Waals surface area contributed by atoms with Crippen LogP contribution in [0.15, 0.2) is 46.5 Å². The minimum absolute atomic E-state index is 0.00638. The number of hydrogen-bond donors (Lipinski definition) is 0. The average molecular weight is 374 g/mol. The van der Waals surface area contributed by atoms with Crippen molar-refractivity contribution in [2.24, 2.45) is 0 Å². The van der Waals surface area contributed by atoms with Gasteiger partial charge in [-0.15, -0.1) is 11.8 Å². The Morgan fingerprint density at radius 1 is 1.42 bits per heavy atom. The van der Waals surface area contributed by atoms with Crippen LogP contribution in [0.1, 0.15) is 25.8 Å². The highest BCUT2D eigenvalue weighted by molar-refractivity contribution is 8.03. The number of non-ortho nitro benzene ring substituents is 1. The van der Waals surface area contributed by atoms with Gasteiger partial charge in [-0.3, -0.25) is 19.8 Å². The predicted molar refractivity (Wildman–Crippen MR) is 97.1 cm³/mol. The number of rotatable bonds is 6. The maximum Gasteiger partial charge on any atom is 0.356 e. The number of hydrogen-bond acceptors (Lipinski definition) is 6. The molecule has 2 heterocycles. The summed E-state index contributed by atoms with van der Waals surface area (Å²) < 4.78 is 5.37. The summed E-state index contributed by atoms with van der Waals surface area (Å²) in [6.07, 6.45) is 2.44. The second-order valence-electron chi connectivity index (χ2n) is 5.84. The van der Waals surface area contributed by atoms with Crippen molar-refractivity contribution in [2.75, 3.05) is 5.75 Å². The number of amides is 1. The molecule has 136 valence electrons. The maximum absolute atomic E-state index is 12.6. The van der Waals surface area contributed by atoms with Crippen LogP contribution in [0.3, 0.4) is 0 Å². The Labute approximate surface area is 154 Å². The van der Waals surface area contributed by atoms with Crippen molar-refractivity contribution in [1.82, 2.24) is 4.90 Å². The minimum Gasteiger partial charge on any atom is -0.456 e. The van der Waals surface area contributed by atoms with E-state index < -0.39 is 10.9 Å². The van der Waals surface area contributed by atoms with Gasteiger partial charge in [0.15, 0.2) is 0 Å². The first-order chi connectivity index (χ1) is 12.5. The normalized spacial score (nSPS) is 20.2. The molecule has 0 spiro atoms. The molecule has 0 aliphatic carbocycles. The highest BCUT2D eigenvalue weighted by Crippen LogP contribution is 2.45. The summed E-state index contributed by atoms with van der Waals surface area (Å²) in [5.74, 6) is 0.116. The Balaban J connectivity index is 1.72. The monoisotopic (exact) mass is 374 g/mol. The van der Waals surface area contributed by atoms with Crippen molar-refractivity contribution >= 4 is 29.3 Å². The largest absolute Gasteiger partial charge is 0.456 e. The Hall–Kier alpha value is -2.61. The lowest BCUT2D eigenvalue weighted by molar-refractivity contribution is -0.384. The zero-order valence-electron chi connectivity index (χ0n) is 14.4. The molecule has 0 saturated carbocycles. The average Bonchev–Trinajstić information content (AvgIpc) is 2.95. The number of ether oxygens (including phenoxy) is 1. The van der Waals surface area contributed by atoms with Gasteiger partial charge in [0.25, 0.3) is 11.6 Å². The molecule has 1 atom stereocenters. The van der Waals surface area contributed by atoms with E-state index in [1.54, 1.807) is 30.0 Å². The molecule has 2 aliphatic heterocycles. The number of allylic oxidation sites excluding steroid dienone is 1. The van der Waals surface area contributed by atoms with Gasteiger partial charge in [-0.25, -0.2) is 4.79 Å². The van der Waals surface area contributed by atoms with Crippen molar-refractivity contribution in [2.45, 2.75) is 32.9 Å². The lowest BCUT2D eigenvalue weighted by Crippen LogP contribution is -2.52. The highest BCUT2D eigenvalue weighted by atomic mass is 32.2. The summed E-state index contributed by atoms with van der Waals surface area (Å²) in [5, 5.41) is 10.7. The van der Waals surface area contributed by atoms with Crippen molar-refractivity contribution in [3.8, 4) is 0 Å². The first-order valence-corrected chi connectivity index (χ1v) is 9.22. The van der Waals surface area contributed by atoms with Gasteiger partial charge in [-0.2, -0.15) is 0 Å². The molecule has 3 rings (SSSR count). The van der Waals surface area contributed by atoms with Gasteiger partial charge in [0.2, 0.25) is 0 Å². The number of nitrogens with zero attached hydrogens (tertiary/aromatic N) is 2. The number of carbonyl (C=O) groups is 2. The molecule has 1 aromatic carbocycles. The van der Waals surface area contributed by atoms with E-state index in [2.05, 4.69) is 0 Å². The Morgan fingerprint density at radius 2 is 2.12 bits per heavy atom. The van der Waals surface area contributed by atoms with Gasteiger partial charge in [0, 0.05) is 29.0 Å². The molecule has 0 N–H and O–H groups in total. The number of β-lactam (4-membered cyclic amide) rings is 1. The third-order valence-electron chi connectivity index (χ3n) is 4.36. The van der Waals surface area contributed by atoms with Gasteiger partial charge in [0.1, 0.15) is 12.3 Å².